The van der Waals surface area contributed by atoms with Crippen molar-refractivity contribution in [3.05, 3.63) is 29.3 Å². The van der Waals surface area contributed by atoms with Crippen molar-refractivity contribution in [2.45, 2.75) is 97.2 Å². The van der Waals surface area contributed by atoms with Crippen LogP contribution in [0.5, 0.6) is 5.75 Å². The number of carboxylic acid groups (broad SMARTS) is 1. The van der Waals surface area contributed by atoms with Crippen LogP contribution in [0.3, 0.4) is 0 Å². The minimum atomic E-state index is -1.97. The number of carbonyl (C=O) groups excluding carboxylic acids is 2. The fraction of sp³-hybridized carbons (Fsp3) is 0.615. The largest absolute Gasteiger partial charge is 0.495 e. The minimum Gasteiger partial charge on any atom is -0.479 e. The van der Waals surface area contributed by atoms with Crippen molar-refractivity contribution in [2.24, 2.45) is 4.99 Å². The predicted molar refractivity (Wildman–Crippen MR) is 137 cm³/mol. The number of aliphatic imine (C=N–C) groups is 1. The maximum absolute atomic E-state index is 13.2. The van der Waals surface area contributed by atoms with Crippen LogP contribution in [0.25, 0.3) is 0 Å². The van der Waals surface area contributed by atoms with Crippen LogP contribution < -0.4 is 10.1 Å². The summed E-state index contributed by atoms with van der Waals surface area (Å²) in [5.74, 6) is -1.77. The molecule has 1 saturated heterocycles. The zero-order chi connectivity index (χ0) is 29.1. The van der Waals surface area contributed by atoms with Gasteiger partial charge < -0.3 is 34.5 Å². The zero-order valence-electron chi connectivity index (χ0n) is 22.8. The van der Waals surface area contributed by atoms with E-state index in [0.29, 0.717) is 12.0 Å². The quantitative estimate of drug-likeness (QED) is 0.263. The first kappa shape index (κ1) is 32.9. The summed E-state index contributed by atoms with van der Waals surface area (Å²) in [6.45, 7) is 14.4. The molecule has 1 aromatic carbocycles. The number of amides is 1. The first-order chi connectivity index (χ1) is 17.7. The molecule has 1 heterocycles. The van der Waals surface area contributed by atoms with Crippen LogP contribution in [0.15, 0.2) is 23.2 Å². The molecule has 0 spiro atoms. The van der Waals surface area contributed by atoms with Gasteiger partial charge >= 0.3 is 12.2 Å². The van der Waals surface area contributed by atoms with Crippen LogP contribution >= 0.6 is 0 Å². The lowest BCUT2D eigenvalue weighted by Gasteiger charge is -2.32. The van der Waals surface area contributed by atoms with Crippen molar-refractivity contribution in [2.75, 3.05) is 6.61 Å². The number of hydrogen-bond acceptors (Lipinski definition) is 9. The molecule has 1 fully saturated rings. The summed E-state index contributed by atoms with van der Waals surface area (Å²) >= 11 is 0. The Hall–Kier alpha value is -3.09. The van der Waals surface area contributed by atoms with E-state index < -0.39 is 54.5 Å². The van der Waals surface area contributed by atoms with Gasteiger partial charge in [-0.3, -0.25) is 9.79 Å². The van der Waals surface area contributed by atoms with E-state index in [1.165, 1.54) is 18.2 Å². The monoisotopic (exact) mass is 542 g/mol. The molecule has 3 unspecified atom stereocenters. The summed E-state index contributed by atoms with van der Waals surface area (Å²) in [5, 5.41) is 22.1. The Morgan fingerprint density at radius 3 is 2.45 bits per heavy atom. The molecule has 1 aliphatic rings. The van der Waals surface area contributed by atoms with Crippen LogP contribution in [0, 0.1) is 0 Å². The third-order valence-electron chi connectivity index (χ3n) is 5.46. The highest BCUT2D eigenvalue weighted by Crippen LogP contribution is 2.28. The summed E-state index contributed by atoms with van der Waals surface area (Å²) in [4.78, 5) is 39.0. The fourth-order valence-electron chi connectivity index (χ4n) is 3.36. The number of carboxylic acids is 1. The molecule has 0 aromatic heterocycles. The number of aliphatic hydroxyl groups is 1. The summed E-state index contributed by atoms with van der Waals surface area (Å²) in [6, 6.07) is 4.20. The number of aliphatic carboxylic acids is 1. The van der Waals surface area contributed by atoms with Crippen LogP contribution in [-0.2, 0) is 25.6 Å². The Kier molecular flexibility index (Phi) is 12.8. The topological polar surface area (TPSA) is 153 Å². The molecule has 0 bridgehead atoms. The number of ether oxygens (including phenoxy) is 4. The van der Waals surface area contributed by atoms with Gasteiger partial charge in [-0.2, -0.15) is 0 Å². The normalized spacial score (nSPS) is 19.4. The maximum Gasteiger partial charge on any atom is 0.495 e. The second-order valence-electron chi connectivity index (χ2n) is 9.53. The van der Waals surface area contributed by atoms with Crippen molar-refractivity contribution >= 4 is 24.8 Å². The van der Waals surface area contributed by atoms with Gasteiger partial charge in [0.2, 0.25) is 6.29 Å². The first-order valence-corrected chi connectivity index (χ1v) is 12.3. The molecular formula is C26H39FN2O9. The van der Waals surface area contributed by atoms with Crippen molar-refractivity contribution in [3.8, 4) is 5.75 Å². The zero-order valence-corrected chi connectivity index (χ0v) is 22.8. The molecule has 12 heteroatoms. The van der Waals surface area contributed by atoms with Gasteiger partial charge in [0.05, 0.1) is 18.3 Å². The molecule has 1 aliphatic heterocycles. The van der Waals surface area contributed by atoms with Crippen LogP contribution in [0.4, 0.5) is 9.18 Å². The molecule has 3 N–H and O–H groups in total. The molecule has 3 atom stereocenters. The van der Waals surface area contributed by atoms with Gasteiger partial charge in [-0.05, 0) is 58.5 Å². The molecule has 1 aromatic rings. The van der Waals surface area contributed by atoms with Crippen LogP contribution in [0.2, 0.25) is 0 Å². The Balaban J connectivity index is 0.00000352. The van der Waals surface area contributed by atoms with E-state index in [0.717, 1.165) is 0 Å². The van der Waals surface area contributed by atoms with E-state index in [1.54, 1.807) is 27.7 Å². The van der Waals surface area contributed by atoms with E-state index in [-0.39, 0.29) is 30.8 Å². The number of aliphatic hydroxyl groups excluding tert-OH is 1. The van der Waals surface area contributed by atoms with E-state index in [2.05, 4.69) is 21.8 Å². The van der Waals surface area contributed by atoms with Crippen molar-refractivity contribution in [1.82, 2.24) is 5.32 Å². The van der Waals surface area contributed by atoms with Crippen LogP contribution in [0.1, 0.15) is 76.7 Å². The standard InChI is InChI=1S/C24H33FN2O9.C2H6/c1-23(2,8-9-34-24(3,4)26-5)27-20(29)16-10-14(13-33-22(25)32)6-7-17(16)35-19-12-15(28)11-18(36-19)21(30)31;1-2/h6-7,10,15,18-19,28H,5,8-9,11-13H2,1-4H3,(H,27,29)(H,30,31);1-2H3. The van der Waals surface area contributed by atoms with Gasteiger partial charge in [0.15, 0.2) is 11.8 Å². The van der Waals surface area contributed by atoms with Crippen LogP contribution in [-0.4, -0.2) is 71.4 Å². The maximum atomic E-state index is 13.2. The number of carbonyl (C=O) groups is 3. The van der Waals surface area contributed by atoms with Crippen molar-refractivity contribution in [1.29, 1.82) is 0 Å². The average molecular weight is 543 g/mol. The van der Waals surface area contributed by atoms with E-state index in [9.17, 15) is 29.0 Å². The SMILES string of the molecule is C=NC(C)(C)OCCC(C)(C)NC(=O)c1cc(COC(=O)F)ccc1OC1CC(O)CC(C(=O)O)O1.CC. The highest BCUT2D eigenvalue weighted by atomic mass is 19.1. The lowest BCUT2D eigenvalue weighted by molar-refractivity contribution is -0.195. The Morgan fingerprint density at radius 1 is 1.21 bits per heavy atom. The fourth-order valence-corrected chi connectivity index (χ4v) is 3.36. The van der Waals surface area contributed by atoms with Gasteiger partial charge in [-0.15, -0.1) is 4.39 Å². The number of halogens is 1. The Bertz CT molecular complexity index is 968. The van der Waals surface area contributed by atoms with Gasteiger partial charge in [0.25, 0.3) is 5.91 Å². The number of hydrogen-bond donors (Lipinski definition) is 3. The molecule has 0 radical (unpaired) electrons. The summed E-state index contributed by atoms with van der Waals surface area (Å²) < 4.78 is 33.7. The lowest BCUT2D eigenvalue weighted by atomic mass is 9.99. The highest BCUT2D eigenvalue weighted by molar-refractivity contribution is 5.97. The molecule has 0 aliphatic carbocycles. The lowest BCUT2D eigenvalue weighted by Crippen LogP contribution is -2.45. The molecule has 214 valence electrons. The molecule has 1 amide bonds. The third kappa shape index (κ3) is 11.1. The molecule has 2 rings (SSSR count). The smallest absolute Gasteiger partial charge is 0.479 e. The minimum absolute atomic E-state index is 0.0119. The van der Waals surface area contributed by atoms with Gasteiger partial charge in [0, 0.05) is 18.4 Å². The number of nitrogens with zero attached hydrogens (tertiary/aromatic N) is 1. The summed E-state index contributed by atoms with van der Waals surface area (Å²) in [7, 11) is 0. The molecule has 38 heavy (non-hydrogen) atoms. The Labute approximate surface area is 222 Å². The average Bonchev–Trinajstić information content (AvgIpc) is 2.83. The van der Waals surface area contributed by atoms with E-state index in [4.69, 9.17) is 14.2 Å². The number of nitrogens with one attached hydrogen (secondary N) is 1. The highest BCUT2D eigenvalue weighted by Gasteiger charge is 2.35. The van der Waals surface area contributed by atoms with Gasteiger partial charge in [-0.1, -0.05) is 19.9 Å². The second kappa shape index (κ2) is 14.7. The van der Waals surface area contributed by atoms with Gasteiger partial charge in [-0.25, -0.2) is 9.59 Å². The Morgan fingerprint density at radius 2 is 1.87 bits per heavy atom. The first-order valence-electron chi connectivity index (χ1n) is 12.3. The van der Waals surface area contributed by atoms with Crippen molar-refractivity contribution < 1.29 is 47.9 Å². The number of benzene rings is 1. The summed E-state index contributed by atoms with van der Waals surface area (Å²) in [6.07, 6.45) is -5.03. The van der Waals surface area contributed by atoms with Crippen molar-refractivity contribution in [3.63, 3.8) is 0 Å². The number of rotatable bonds is 12. The predicted octanol–water partition coefficient (Wildman–Crippen LogP) is 4.00. The summed E-state index contributed by atoms with van der Waals surface area (Å²) in [5.41, 5.74) is -1.19. The van der Waals surface area contributed by atoms with E-state index in [1.807, 2.05) is 13.8 Å². The van der Waals surface area contributed by atoms with E-state index >= 15 is 0 Å². The molecular weight excluding hydrogens is 503 g/mol. The van der Waals surface area contributed by atoms with Gasteiger partial charge in [0.1, 0.15) is 12.4 Å². The third-order valence-corrected chi connectivity index (χ3v) is 5.46. The molecule has 11 nitrogen and oxygen atoms in total. The molecule has 0 saturated carbocycles. The second-order valence-corrected chi connectivity index (χ2v) is 9.53.